The van der Waals surface area contributed by atoms with Crippen LogP contribution in [0.25, 0.3) is 5.57 Å². The van der Waals surface area contributed by atoms with E-state index in [0.29, 0.717) is 16.8 Å². The minimum absolute atomic E-state index is 0.0152. The molecule has 150 valence electrons. The zero-order valence-corrected chi connectivity index (χ0v) is 16.5. The minimum atomic E-state index is -0.344. The number of imide groups is 1. The summed E-state index contributed by atoms with van der Waals surface area (Å²) in [5, 5.41) is 0. The monoisotopic (exact) mass is 385 g/mol. The Morgan fingerprint density at radius 3 is 2.18 bits per heavy atom. The van der Waals surface area contributed by atoms with Gasteiger partial charge in [-0.25, -0.2) is 4.39 Å². The molecule has 28 heavy (non-hydrogen) atoms. The maximum Gasteiger partial charge on any atom is 0.278 e. The number of piperazine rings is 1. The highest BCUT2D eigenvalue weighted by molar-refractivity contribution is 6.35. The molecule has 1 aromatic rings. The SMILES string of the molecule is CCN1CCN(C2=C(c3ccc(F)cc3)C(=O)N(C3CCCCC3)C2=O)CC1. The number of likely N-dealkylation sites (N-methyl/N-ethyl adjacent to an activating group) is 1. The zero-order chi connectivity index (χ0) is 19.7. The first kappa shape index (κ1) is 19.1. The fraction of sp³-hybridized carbons (Fsp3) is 0.545. The third-order valence-corrected chi connectivity index (χ3v) is 6.30. The molecule has 0 aromatic heterocycles. The van der Waals surface area contributed by atoms with E-state index in [1.165, 1.54) is 17.0 Å². The fourth-order valence-corrected chi connectivity index (χ4v) is 4.66. The molecule has 6 heteroatoms. The Morgan fingerprint density at radius 2 is 1.57 bits per heavy atom. The molecular formula is C22H28FN3O2. The summed E-state index contributed by atoms with van der Waals surface area (Å²) in [6.07, 6.45) is 5.03. The molecule has 2 aliphatic heterocycles. The van der Waals surface area contributed by atoms with Gasteiger partial charge in [-0.05, 0) is 37.1 Å². The highest BCUT2D eigenvalue weighted by Gasteiger charge is 2.45. The van der Waals surface area contributed by atoms with Crippen molar-refractivity contribution in [2.75, 3.05) is 32.7 Å². The smallest absolute Gasteiger partial charge is 0.278 e. The predicted molar refractivity (Wildman–Crippen MR) is 106 cm³/mol. The maximum absolute atomic E-state index is 13.5. The summed E-state index contributed by atoms with van der Waals surface area (Å²) >= 11 is 0. The van der Waals surface area contributed by atoms with E-state index in [-0.39, 0.29) is 23.7 Å². The predicted octanol–water partition coefficient (Wildman–Crippen LogP) is 2.88. The molecule has 0 N–H and O–H groups in total. The number of amides is 2. The Bertz CT molecular complexity index is 775. The molecule has 5 nitrogen and oxygen atoms in total. The highest BCUT2D eigenvalue weighted by Crippen LogP contribution is 2.36. The van der Waals surface area contributed by atoms with Gasteiger partial charge in [0.1, 0.15) is 11.5 Å². The number of rotatable bonds is 4. The van der Waals surface area contributed by atoms with Gasteiger partial charge >= 0.3 is 0 Å². The average molecular weight is 385 g/mol. The third kappa shape index (κ3) is 3.46. The molecule has 0 unspecified atom stereocenters. The molecule has 1 aliphatic carbocycles. The molecule has 1 saturated carbocycles. The van der Waals surface area contributed by atoms with Crippen molar-refractivity contribution >= 4 is 17.4 Å². The van der Waals surface area contributed by atoms with Gasteiger partial charge in [-0.1, -0.05) is 38.3 Å². The standard InChI is InChI=1S/C22H28FN3O2/c1-2-24-12-14-25(15-13-24)20-19(16-8-10-17(23)11-9-16)21(27)26(22(20)28)18-6-4-3-5-7-18/h8-11,18H,2-7,12-15H2,1H3. The van der Waals surface area contributed by atoms with E-state index in [9.17, 15) is 14.0 Å². The summed E-state index contributed by atoms with van der Waals surface area (Å²) in [5.74, 6) is -0.721. The number of carbonyl (C=O) groups excluding carboxylic acids is 2. The third-order valence-electron chi connectivity index (χ3n) is 6.30. The quantitative estimate of drug-likeness (QED) is 0.748. The molecule has 4 rings (SSSR count). The summed E-state index contributed by atoms with van der Waals surface area (Å²) < 4.78 is 13.5. The van der Waals surface area contributed by atoms with E-state index in [1.54, 1.807) is 12.1 Å². The van der Waals surface area contributed by atoms with Crippen molar-refractivity contribution in [2.24, 2.45) is 0 Å². The van der Waals surface area contributed by atoms with Crippen molar-refractivity contribution in [1.82, 2.24) is 14.7 Å². The summed E-state index contributed by atoms with van der Waals surface area (Å²) in [4.78, 5) is 32.7. The Morgan fingerprint density at radius 1 is 0.929 bits per heavy atom. The Balaban J connectivity index is 1.70. The molecule has 0 spiro atoms. The first-order valence-electron chi connectivity index (χ1n) is 10.5. The molecule has 2 heterocycles. The van der Waals surface area contributed by atoms with Crippen molar-refractivity contribution in [3.05, 3.63) is 41.3 Å². The second-order valence-corrected chi connectivity index (χ2v) is 7.92. The number of hydrogen-bond acceptors (Lipinski definition) is 4. The van der Waals surface area contributed by atoms with Crippen molar-refractivity contribution in [2.45, 2.75) is 45.1 Å². The van der Waals surface area contributed by atoms with Gasteiger partial charge < -0.3 is 9.80 Å². The van der Waals surface area contributed by atoms with Crippen LogP contribution in [0.2, 0.25) is 0 Å². The lowest BCUT2D eigenvalue weighted by molar-refractivity contribution is -0.141. The normalized spacial score (nSPS) is 22.5. The van der Waals surface area contributed by atoms with Crippen LogP contribution < -0.4 is 0 Å². The molecule has 0 radical (unpaired) electrons. The van der Waals surface area contributed by atoms with Crippen LogP contribution in [0.3, 0.4) is 0 Å². The number of carbonyl (C=O) groups is 2. The van der Waals surface area contributed by atoms with E-state index in [2.05, 4.69) is 16.7 Å². The Labute approximate surface area is 165 Å². The maximum atomic E-state index is 13.5. The van der Waals surface area contributed by atoms with Crippen molar-refractivity contribution < 1.29 is 14.0 Å². The lowest BCUT2D eigenvalue weighted by Crippen LogP contribution is -2.48. The first-order valence-corrected chi connectivity index (χ1v) is 10.5. The van der Waals surface area contributed by atoms with E-state index in [1.807, 2.05) is 0 Å². The second-order valence-electron chi connectivity index (χ2n) is 7.92. The lowest BCUT2D eigenvalue weighted by Gasteiger charge is -2.36. The zero-order valence-electron chi connectivity index (χ0n) is 16.5. The van der Waals surface area contributed by atoms with Gasteiger partial charge in [0.15, 0.2) is 0 Å². The van der Waals surface area contributed by atoms with Crippen LogP contribution in [-0.2, 0) is 9.59 Å². The molecular weight excluding hydrogens is 357 g/mol. The molecule has 1 aromatic carbocycles. The van der Waals surface area contributed by atoms with Crippen LogP contribution in [0, 0.1) is 5.82 Å². The number of hydrogen-bond donors (Lipinski definition) is 0. The van der Waals surface area contributed by atoms with Crippen LogP contribution >= 0.6 is 0 Å². The molecule has 2 fully saturated rings. The Hall–Kier alpha value is -2.21. The molecule has 2 amide bonds. The van der Waals surface area contributed by atoms with Gasteiger partial charge in [0.2, 0.25) is 0 Å². The number of halogens is 1. The van der Waals surface area contributed by atoms with E-state index < -0.39 is 0 Å². The van der Waals surface area contributed by atoms with Crippen LogP contribution in [-0.4, -0.2) is 65.3 Å². The summed E-state index contributed by atoms with van der Waals surface area (Å²) in [6, 6.07) is 5.93. The molecule has 3 aliphatic rings. The van der Waals surface area contributed by atoms with Crippen LogP contribution in [0.15, 0.2) is 30.0 Å². The van der Waals surface area contributed by atoms with Crippen molar-refractivity contribution in [3.63, 3.8) is 0 Å². The molecule has 0 atom stereocenters. The van der Waals surface area contributed by atoms with Crippen molar-refractivity contribution in [3.8, 4) is 0 Å². The lowest BCUT2D eigenvalue weighted by atomic mass is 9.94. The van der Waals surface area contributed by atoms with Gasteiger partial charge in [0.25, 0.3) is 11.8 Å². The van der Waals surface area contributed by atoms with E-state index >= 15 is 0 Å². The molecule has 1 saturated heterocycles. The van der Waals surface area contributed by atoms with Gasteiger partial charge in [-0.3, -0.25) is 14.5 Å². The Kier molecular flexibility index (Phi) is 5.49. The highest BCUT2D eigenvalue weighted by atomic mass is 19.1. The number of benzene rings is 1. The summed E-state index contributed by atoms with van der Waals surface area (Å²) in [6.45, 7) is 6.33. The number of nitrogens with zero attached hydrogens (tertiary/aromatic N) is 3. The fourth-order valence-electron chi connectivity index (χ4n) is 4.66. The van der Waals surface area contributed by atoms with Gasteiger partial charge in [-0.15, -0.1) is 0 Å². The molecule has 0 bridgehead atoms. The van der Waals surface area contributed by atoms with E-state index in [0.717, 1.165) is 64.8 Å². The van der Waals surface area contributed by atoms with Crippen LogP contribution in [0.1, 0.15) is 44.6 Å². The topological polar surface area (TPSA) is 43.9 Å². The van der Waals surface area contributed by atoms with Crippen LogP contribution in [0.5, 0.6) is 0 Å². The summed E-state index contributed by atoms with van der Waals surface area (Å²) in [7, 11) is 0. The summed E-state index contributed by atoms with van der Waals surface area (Å²) in [5.41, 5.74) is 1.59. The second kappa shape index (κ2) is 8.03. The first-order chi connectivity index (χ1) is 13.6. The van der Waals surface area contributed by atoms with E-state index in [4.69, 9.17) is 0 Å². The van der Waals surface area contributed by atoms with Gasteiger partial charge in [0, 0.05) is 32.2 Å². The van der Waals surface area contributed by atoms with Crippen LogP contribution in [0.4, 0.5) is 4.39 Å². The van der Waals surface area contributed by atoms with Gasteiger partial charge in [0.05, 0.1) is 5.57 Å². The minimum Gasteiger partial charge on any atom is -0.364 e. The van der Waals surface area contributed by atoms with Crippen molar-refractivity contribution in [1.29, 1.82) is 0 Å². The van der Waals surface area contributed by atoms with Gasteiger partial charge in [-0.2, -0.15) is 0 Å². The largest absolute Gasteiger partial charge is 0.364 e. The average Bonchev–Trinajstić information content (AvgIpc) is 2.99.